The van der Waals surface area contributed by atoms with Gasteiger partial charge in [0.1, 0.15) is 12.4 Å². The van der Waals surface area contributed by atoms with E-state index in [1.807, 2.05) is 0 Å². The van der Waals surface area contributed by atoms with Gasteiger partial charge < -0.3 is 14.2 Å². The van der Waals surface area contributed by atoms with Crippen molar-refractivity contribution < 1.29 is 23.4 Å². The molecule has 1 aliphatic heterocycles. The molecule has 1 heterocycles. The first-order chi connectivity index (χ1) is 15.4. The standard InChI is InChI=1S/C24H16Cl2FNO4/c1-30-22-12-14(5-10-21(22)31-13-17-18(25)3-2-4-19(17)26)11-20-24(29)32-23(28-20)15-6-8-16(27)9-7-15/h2-12H,13H2,1H3/b20-11+. The zero-order valence-corrected chi connectivity index (χ0v) is 18.3. The Hall–Kier alpha value is -3.35. The minimum Gasteiger partial charge on any atom is -0.493 e. The maximum Gasteiger partial charge on any atom is 0.363 e. The predicted molar refractivity (Wildman–Crippen MR) is 121 cm³/mol. The van der Waals surface area contributed by atoms with E-state index in [9.17, 15) is 9.18 Å². The van der Waals surface area contributed by atoms with Crippen molar-refractivity contribution in [2.45, 2.75) is 6.61 Å². The van der Waals surface area contributed by atoms with E-state index in [1.165, 1.54) is 31.4 Å². The lowest BCUT2D eigenvalue weighted by Crippen LogP contribution is -2.05. The Balaban J connectivity index is 1.55. The van der Waals surface area contributed by atoms with Crippen molar-refractivity contribution in [2.75, 3.05) is 7.11 Å². The van der Waals surface area contributed by atoms with Crippen molar-refractivity contribution in [2.24, 2.45) is 4.99 Å². The quantitative estimate of drug-likeness (QED) is 0.323. The first-order valence-corrected chi connectivity index (χ1v) is 10.2. The van der Waals surface area contributed by atoms with Crippen LogP contribution in [-0.2, 0) is 16.1 Å². The Morgan fingerprint density at radius 1 is 1.03 bits per heavy atom. The Kier molecular flexibility index (Phi) is 6.44. The average Bonchev–Trinajstić information content (AvgIpc) is 3.14. The zero-order chi connectivity index (χ0) is 22.7. The number of rotatable bonds is 6. The topological polar surface area (TPSA) is 57.1 Å². The van der Waals surface area contributed by atoms with Crippen LogP contribution < -0.4 is 9.47 Å². The fourth-order valence-electron chi connectivity index (χ4n) is 3.00. The van der Waals surface area contributed by atoms with Crippen molar-refractivity contribution in [1.82, 2.24) is 0 Å². The second-order valence-electron chi connectivity index (χ2n) is 6.74. The first kappa shape index (κ1) is 21.9. The van der Waals surface area contributed by atoms with E-state index in [0.717, 1.165) is 0 Å². The van der Waals surface area contributed by atoms with Crippen molar-refractivity contribution in [1.29, 1.82) is 0 Å². The molecule has 0 atom stereocenters. The molecule has 0 bridgehead atoms. The van der Waals surface area contributed by atoms with Crippen LogP contribution in [0.25, 0.3) is 6.08 Å². The summed E-state index contributed by atoms with van der Waals surface area (Å²) in [5.74, 6) is 0.0641. The molecule has 0 spiro atoms. The average molecular weight is 472 g/mol. The van der Waals surface area contributed by atoms with Crippen LogP contribution in [0.2, 0.25) is 10.0 Å². The molecule has 162 valence electrons. The van der Waals surface area contributed by atoms with Gasteiger partial charge in [-0.1, -0.05) is 35.3 Å². The molecular formula is C24H16Cl2FNO4. The highest BCUT2D eigenvalue weighted by Gasteiger charge is 2.24. The molecule has 5 nitrogen and oxygen atoms in total. The highest BCUT2D eigenvalue weighted by atomic mass is 35.5. The van der Waals surface area contributed by atoms with Crippen LogP contribution in [0.5, 0.6) is 11.5 Å². The SMILES string of the molecule is COc1cc(/C=C2/N=C(c3ccc(F)cc3)OC2=O)ccc1OCc1c(Cl)cccc1Cl. The number of benzene rings is 3. The second kappa shape index (κ2) is 9.42. The summed E-state index contributed by atoms with van der Waals surface area (Å²) in [6.45, 7) is 0.160. The van der Waals surface area contributed by atoms with Gasteiger partial charge in [0.25, 0.3) is 0 Å². The maximum atomic E-state index is 13.1. The molecule has 32 heavy (non-hydrogen) atoms. The van der Waals surface area contributed by atoms with Gasteiger partial charge in [-0.2, -0.15) is 0 Å². The lowest BCUT2D eigenvalue weighted by atomic mass is 10.1. The van der Waals surface area contributed by atoms with Crippen LogP contribution in [0.4, 0.5) is 4.39 Å². The highest BCUT2D eigenvalue weighted by Crippen LogP contribution is 2.32. The van der Waals surface area contributed by atoms with E-state index in [-0.39, 0.29) is 24.0 Å². The van der Waals surface area contributed by atoms with Crippen LogP contribution in [0, 0.1) is 5.82 Å². The molecule has 1 aliphatic rings. The van der Waals surface area contributed by atoms with E-state index in [0.29, 0.717) is 38.2 Å². The van der Waals surface area contributed by atoms with Crippen LogP contribution in [0.15, 0.2) is 71.4 Å². The molecule has 0 amide bonds. The van der Waals surface area contributed by atoms with Crippen molar-refractivity contribution >= 4 is 41.1 Å². The molecule has 0 N–H and O–H groups in total. The monoisotopic (exact) mass is 471 g/mol. The second-order valence-corrected chi connectivity index (χ2v) is 7.56. The lowest BCUT2D eigenvalue weighted by molar-refractivity contribution is -0.129. The number of nitrogens with zero attached hydrogens (tertiary/aromatic N) is 1. The van der Waals surface area contributed by atoms with Gasteiger partial charge >= 0.3 is 5.97 Å². The lowest BCUT2D eigenvalue weighted by Gasteiger charge is -2.13. The smallest absolute Gasteiger partial charge is 0.363 e. The molecule has 0 unspecified atom stereocenters. The van der Waals surface area contributed by atoms with Gasteiger partial charge in [-0.3, -0.25) is 0 Å². The number of ether oxygens (including phenoxy) is 3. The number of hydrogen-bond acceptors (Lipinski definition) is 5. The minimum absolute atomic E-state index is 0.114. The van der Waals surface area contributed by atoms with Crippen molar-refractivity contribution in [3.63, 3.8) is 0 Å². The summed E-state index contributed by atoms with van der Waals surface area (Å²) in [5.41, 5.74) is 1.94. The van der Waals surface area contributed by atoms with E-state index in [1.54, 1.807) is 42.5 Å². The Labute approximate surface area is 193 Å². The molecule has 3 aromatic rings. The van der Waals surface area contributed by atoms with Crippen LogP contribution >= 0.6 is 23.2 Å². The van der Waals surface area contributed by atoms with Gasteiger partial charge in [0.2, 0.25) is 5.90 Å². The van der Waals surface area contributed by atoms with Crippen LogP contribution in [-0.4, -0.2) is 19.0 Å². The fourth-order valence-corrected chi connectivity index (χ4v) is 3.50. The number of aliphatic imine (C=N–C) groups is 1. The third-order valence-electron chi connectivity index (χ3n) is 4.64. The Morgan fingerprint density at radius 3 is 2.44 bits per heavy atom. The summed E-state index contributed by atoms with van der Waals surface area (Å²) in [7, 11) is 1.51. The summed E-state index contributed by atoms with van der Waals surface area (Å²) in [4.78, 5) is 16.4. The molecule has 4 rings (SSSR count). The van der Waals surface area contributed by atoms with Gasteiger partial charge in [0.05, 0.1) is 7.11 Å². The molecule has 0 aromatic heterocycles. The molecule has 0 fully saturated rings. The third-order valence-corrected chi connectivity index (χ3v) is 5.34. The van der Waals surface area contributed by atoms with E-state index in [2.05, 4.69) is 4.99 Å². The molecule has 0 radical (unpaired) electrons. The number of methoxy groups -OCH3 is 1. The van der Waals surface area contributed by atoms with Crippen molar-refractivity contribution in [3.05, 3.63) is 98.9 Å². The van der Waals surface area contributed by atoms with Gasteiger partial charge in [-0.25, -0.2) is 14.2 Å². The van der Waals surface area contributed by atoms with Gasteiger partial charge in [-0.05, 0) is 60.2 Å². The van der Waals surface area contributed by atoms with E-state index < -0.39 is 5.97 Å². The minimum atomic E-state index is -0.600. The number of cyclic esters (lactones) is 1. The van der Waals surface area contributed by atoms with Gasteiger partial charge in [0, 0.05) is 21.2 Å². The first-order valence-electron chi connectivity index (χ1n) is 9.47. The Bertz CT molecular complexity index is 1220. The Morgan fingerprint density at radius 2 is 1.75 bits per heavy atom. The summed E-state index contributed by atoms with van der Waals surface area (Å²) in [6, 6.07) is 15.9. The normalized spacial score (nSPS) is 14.3. The van der Waals surface area contributed by atoms with Crippen molar-refractivity contribution in [3.8, 4) is 11.5 Å². The van der Waals surface area contributed by atoms with Crippen LogP contribution in [0.3, 0.4) is 0 Å². The molecule has 8 heteroatoms. The maximum absolute atomic E-state index is 13.1. The summed E-state index contributed by atoms with van der Waals surface area (Å²) in [6.07, 6.45) is 1.57. The van der Waals surface area contributed by atoms with E-state index >= 15 is 0 Å². The molecule has 0 aliphatic carbocycles. The summed E-state index contributed by atoms with van der Waals surface area (Å²) >= 11 is 12.4. The highest BCUT2D eigenvalue weighted by molar-refractivity contribution is 6.35. The number of carbonyl (C=O) groups excluding carboxylic acids is 1. The number of carbonyl (C=O) groups is 1. The molecule has 0 saturated carbocycles. The van der Waals surface area contributed by atoms with E-state index in [4.69, 9.17) is 37.4 Å². The third kappa shape index (κ3) is 4.77. The molecular weight excluding hydrogens is 456 g/mol. The molecule has 0 saturated heterocycles. The number of esters is 1. The largest absolute Gasteiger partial charge is 0.493 e. The van der Waals surface area contributed by atoms with Gasteiger partial charge in [-0.15, -0.1) is 0 Å². The number of halogens is 3. The fraction of sp³-hybridized carbons (Fsp3) is 0.0833. The predicted octanol–water partition coefficient (Wildman–Crippen LogP) is 6.06. The number of hydrogen-bond donors (Lipinski definition) is 0. The molecule has 3 aromatic carbocycles. The summed E-state index contributed by atoms with van der Waals surface area (Å²) < 4.78 is 29.6. The van der Waals surface area contributed by atoms with Gasteiger partial charge in [0.15, 0.2) is 17.2 Å². The van der Waals surface area contributed by atoms with Crippen LogP contribution in [0.1, 0.15) is 16.7 Å². The zero-order valence-electron chi connectivity index (χ0n) is 16.8. The summed E-state index contributed by atoms with van der Waals surface area (Å²) in [5, 5.41) is 1.01.